The number of halogens is 2. The van der Waals surface area contributed by atoms with Crippen LogP contribution in [0.1, 0.15) is 30.7 Å². The van der Waals surface area contributed by atoms with Crippen molar-refractivity contribution in [3.8, 4) is 11.3 Å². The minimum Gasteiger partial charge on any atom is -0.358 e. The van der Waals surface area contributed by atoms with Crippen LogP contribution in [0, 0.1) is 5.92 Å². The third kappa shape index (κ3) is 6.19. The summed E-state index contributed by atoms with van der Waals surface area (Å²) in [6.45, 7) is 5.07. The van der Waals surface area contributed by atoms with Gasteiger partial charge in [0.25, 0.3) is 0 Å². The maximum absolute atomic E-state index is 6.26. The molecule has 0 aliphatic carbocycles. The number of thiazole rings is 1. The van der Waals surface area contributed by atoms with Crippen molar-refractivity contribution in [2.75, 3.05) is 11.9 Å². The number of rotatable bonds is 9. The molecule has 0 saturated carbocycles. The lowest BCUT2D eigenvalue weighted by atomic mass is 10.0. The summed E-state index contributed by atoms with van der Waals surface area (Å²) in [4.78, 5) is 6.19. The first-order valence-electron chi connectivity index (χ1n) is 9.92. The Morgan fingerprint density at radius 3 is 2.45 bits per heavy atom. The van der Waals surface area contributed by atoms with Gasteiger partial charge >= 0.3 is 0 Å². The van der Waals surface area contributed by atoms with Crippen molar-refractivity contribution in [1.29, 1.82) is 0 Å². The van der Waals surface area contributed by atoms with Crippen LogP contribution in [0.4, 0.5) is 5.13 Å². The summed E-state index contributed by atoms with van der Waals surface area (Å²) in [5.74, 6) is 0.536. The highest BCUT2D eigenvalue weighted by Gasteiger charge is 2.18. The summed E-state index contributed by atoms with van der Waals surface area (Å²) in [6, 6.07) is 16.4. The van der Waals surface area contributed by atoms with Gasteiger partial charge in [0, 0.05) is 16.5 Å². The molecule has 154 valence electrons. The Bertz CT molecular complexity index is 925. The Morgan fingerprint density at radius 2 is 1.79 bits per heavy atom. The zero-order valence-corrected chi connectivity index (χ0v) is 19.1. The van der Waals surface area contributed by atoms with Crippen molar-refractivity contribution in [2.24, 2.45) is 11.7 Å². The van der Waals surface area contributed by atoms with E-state index in [0.717, 1.165) is 35.7 Å². The standard InChI is InChI=1S/C23H27Cl2N3S/c1-15(2)12-21-22(17-8-9-19(24)20(25)14-17)28-23(29-21)27-18(10-11-26)13-16-6-4-3-5-7-16/h3-9,14-15,18H,10-13,26H2,1-2H3,(H,27,28). The Balaban J connectivity index is 1.87. The fourth-order valence-corrected chi connectivity index (χ4v) is 4.86. The van der Waals surface area contributed by atoms with Gasteiger partial charge in [0.15, 0.2) is 5.13 Å². The van der Waals surface area contributed by atoms with E-state index in [2.05, 4.69) is 43.4 Å². The molecule has 1 unspecified atom stereocenters. The second-order valence-electron chi connectivity index (χ2n) is 7.63. The van der Waals surface area contributed by atoms with Crippen LogP contribution in [0.2, 0.25) is 10.0 Å². The SMILES string of the molecule is CC(C)Cc1sc(NC(CCN)Cc2ccccc2)nc1-c1ccc(Cl)c(Cl)c1. The fourth-order valence-electron chi connectivity index (χ4n) is 3.29. The fraction of sp³-hybridized carbons (Fsp3) is 0.348. The summed E-state index contributed by atoms with van der Waals surface area (Å²) in [5.41, 5.74) is 9.15. The second-order valence-corrected chi connectivity index (χ2v) is 9.52. The van der Waals surface area contributed by atoms with E-state index in [1.54, 1.807) is 11.3 Å². The second kappa shape index (κ2) is 10.4. The first-order valence-corrected chi connectivity index (χ1v) is 11.5. The number of nitrogens with two attached hydrogens (primary N) is 1. The van der Waals surface area contributed by atoms with E-state index in [1.807, 2.05) is 24.3 Å². The molecule has 6 heteroatoms. The van der Waals surface area contributed by atoms with Gasteiger partial charge in [-0.3, -0.25) is 0 Å². The van der Waals surface area contributed by atoms with Crippen molar-refractivity contribution in [3.05, 3.63) is 69.0 Å². The third-order valence-electron chi connectivity index (χ3n) is 4.65. The largest absolute Gasteiger partial charge is 0.358 e. The molecule has 1 atom stereocenters. The van der Waals surface area contributed by atoms with E-state index in [0.29, 0.717) is 22.5 Å². The summed E-state index contributed by atoms with van der Waals surface area (Å²) >= 11 is 14.1. The predicted octanol–water partition coefficient (Wildman–Crippen LogP) is 6.69. The van der Waals surface area contributed by atoms with E-state index in [1.165, 1.54) is 10.4 Å². The molecule has 1 heterocycles. The summed E-state index contributed by atoms with van der Waals surface area (Å²) in [6.07, 6.45) is 2.77. The Morgan fingerprint density at radius 1 is 1.03 bits per heavy atom. The van der Waals surface area contributed by atoms with Crippen molar-refractivity contribution < 1.29 is 0 Å². The van der Waals surface area contributed by atoms with E-state index in [4.69, 9.17) is 33.9 Å². The highest BCUT2D eigenvalue weighted by atomic mass is 35.5. The smallest absolute Gasteiger partial charge is 0.183 e. The molecule has 3 N–H and O–H groups in total. The van der Waals surface area contributed by atoms with Gasteiger partial charge in [-0.05, 0) is 49.4 Å². The Hall–Kier alpha value is -1.59. The molecule has 0 aliphatic heterocycles. The topological polar surface area (TPSA) is 50.9 Å². The van der Waals surface area contributed by atoms with Crippen molar-refractivity contribution in [1.82, 2.24) is 4.98 Å². The summed E-state index contributed by atoms with van der Waals surface area (Å²) in [7, 11) is 0. The van der Waals surface area contributed by atoms with Crippen molar-refractivity contribution >= 4 is 39.7 Å². The highest BCUT2D eigenvalue weighted by Crippen LogP contribution is 2.36. The lowest BCUT2D eigenvalue weighted by Crippen LogP contribution is -2.25. The maximum Gasteiger partial charge on any atom is 0.183 e. The van der Waals surface area contributed by atoms with Gasteiger partial charge in [0.1, 0.15) is 0 Å². The van der Waals surface area contributed by atoms with E-state index < -0.39 is 0 Å². The molecular weight excluding hydrogens is 421 g/mol. The number of benzene rings is 2. The van der Waals surface area contributed by atoms with Crippen LogP contribution in [-0.2, 0) is 12.8 Å². The number of anilines is 1. The molecule has 0 spiro atoms. The number of aromatic nitrogens is 1. The molecule has 0 saturated heterocycles. The van der Waals surface area contributed by atoms with Crippen LogP contribution in [0.25, 0.3) is 11.3 Å². The maximum atomic E-state index is 6.26. The number of hydrogen-bond acceptors (Lipinski definition) is 4. The van der Waals surface area contributed by atoms with Crippen LogP contribution in [0.5, 0.6) is 0 Å². The Labute approximate surface area is 187 Å². The van der Waals surface area contributed by atoms with E-state index in [9.17, 15) is 0 Å². The molecule has 3 rings (SSSR count). The minimum absolute atomic E-state index is 0.238. The first kappa shape index (κ1) is 22.1. The van der Waals surface area contributed by atoms with Gasteiger partial charge in [0.2, 0.25) is 0 Å². The van der Waals surface area contributed by atoms with Crippen molar-refractivity contribution in [2.45, 2.75) is 39.2 Å². The monoisotopic (exact) mass is 447 g/mol. The molecule has 3 nitrogen and oxygen atoms in total. The molecule has 0 aliphatic rings. The average Bonchev–Trinajstić information content (AvgIpc) is 3.06. The zero-order valence-electron chi connectivity index (χ0n) is 16.8. The summed E-state index contributed by atoms with van der Waals surface area (Å²) in [5, 5.41) is 5.66. The molecule has 0 fully saturated rings. The van der Waals surface area contributed by atoms with E-state index in [-0.39, 0.29) is 6.04 Å². The molecule has 2 aromatic carbocycles. The molecule has 1 aromatic heterocycles. The minimum atomic E-state index is 0.238. The molecule has 3 aromatic rings. The lowest BCUT2D eigenvalue weighted by molar-refractivity contribution is 0.654. The normalized spacial score (nSPS) is 12.3. The number of nitrogens with zero attached hydrogens (tertiary/aromatic N) is 1. The third-order valence-corrected chi connectivity index (χ3v) is 6.40. The van der Waals surface area contributed by atoms with Gasteiger partial charge in [0.05, 0.1) is 15.7 Å². The van der Waals surface area contributed by atoms with Gasteiger partial charge in [-0.1, -0.05) is 73.4 Å². The van der Waals surface area contributed by atoms with Crippen LogP contribution in [0.3, 0.4) is 0 Å². The average molecular weight is 448 g/mol. The number of hydrogen-bond donors (Lipinski definition) is 2. The molecule has 29 heavy (non-hydrogen) atoms. The molecule has 0 amide bonds. The van der Waals surface area contributed by atoms with Gasteiger partial charge in [-0.25, -0.2) is 4.98 Å². The van der Waals surface area contributed by atoms with Gasteiger partial charge < -0.3 is 11.1 Å². The van der Waals surface area contributed by atoms with Gasteiger partial charge in [-0.2, -0.15) is 0 Å². The number of nitrogens with one attached hydrogen (secondary N) is 1. The van der Waals surface area contributed by atoms with E-state index >= 15 is 0 Å². The molecule has 0 bridgehead atoms. The lowest BCUT2D eigenvalue weighted by Gasteiger charge is -2.17. The van der Waals surface area contributed by atoms with Crippen LogP contribution < -0.4 is 11.1 Å². The van der Waals surface area contributed by atoms with Crippen LogP contribution >= 0.6 is 34.5 Å². The van der Waals surface area contributed by atoms with Crippen LogP contribution in [0.15, 0.2) is 48.5 Å². The highest BCUT2D eigenvalue weighted by molar-refractivity contribution is 7.16. The molecular formula is C23H27Cl2N3S. The van der Waals surface area contributed by atoms with Crippen LogP contribution in [-0.4, -0.2) is 17.6 Å². The predicted molar refractivity (Wildman–Crippen MR) is 127 cm³/mol. The zero-order chi connectivity index (χ0) is 20.8. The molecule has 0 radical (unpaired) electrons. The van der Waals surface area contributed by atoms with Crippen molar-refractivity contribution in [3.63, 3.8) is 0 Å². The first-order chi connectivity index (χ1) is 14.0. The Kier molecular flexibility index (Phi) is 7.96. The van der Waals surface area contributed by atoms with Gasteiger partial charge in [-0.15, -0.1) is 11.3 Å². The quantitative estimate of drug-likeness (QED) is 0.384. The summed E-state index contributed by atoms with van der Waals surface area (Å²) < 4.78 is 0.